The summed E-state index contributed by atoms with van der Waals surface area (Å²) in [6, 6.07) is 0. The Labute approximate surface area is 399 Å². The smallest absolute Gasteiger partial charge is 0.306 e. The van der Waals surface area contributed by atoms with E-state index in [0.717, 1.165) is 128 Å². The molecule has 0 radical (unpaired) electrons. The van der Waals surface area contributed by atoms with Gasteiger partial charge in [0.05, 0.1) is 0 Å². The SMILES string of the molecule is CC\C=C/C=C\C=C/C=C\CCCCCCCC(=O)OCC(COC(=O)CCCCC/C=C\C/C=C\C/C=C\C/C=C\CC)OC(=O)CCCCC/C=C\C=C/CCCCCCCCC. The van der Waals surface area contributed by atoms with Gasteiger partial charge in [0.15, 0.2) is 6.10 Å². The molecular weight excluding hydrogens is 805 g/mol. The number of hydrogen-bond donors (Lipinski definition) is 0. The van der Waals surface area contributed by atoms with Crippen LogP contribution in [0, 0.1) is 0 Å². The topological polar surface area (TPSA) is 78.9 Å². The summed E-state index contributed by atoms with van der Waals surface area (Å²) in [5, 5.41) is 0. The molecule has 1 atom stereocenters. The monoisotopic (exact) mass is 899 g/mol. The first-order valence-electron chi connectivity index (χ1n) is 26.1. The molecule has 0 saturated heterocycles. The largest absolute Gasteiger partial charge is 0.462 e. The van der Waals surface area contributed by atoms with Crippen molar-refractivity contribution in [3.05, 3.63) is 122 Å². The molecule has 0 rings (SSSR count). The summed E-state index contributed by atoms with van der Waals surface area (Å²) < 4.78 is 16.7. The molecule has 0 saturated carbocycles. The van der Waals surface area contributed by atoms with Gasteiger partial charge in [0, 0.05) is 19.3 Å². The predicted octanol–water partition coefficient (Wildman–Crippen LogP) is 17.3. The summed E-state index contributed by atoms with van der Waals surface area (Å²) in [4.78, 5) is 38.0. The second-order valence-corrected chi connectivity index (χ2v) is 16.8. The molecule has 6 heteroatoms. The van der Waals surface area contributed by atoms with E-state index in [-0.39, 0.29) is 37.5 Å². The average Bonchev–Trinajstić information content (AvgIpc) is 3.30. The lowest BCUT2D eigenvalue weighted by molar-refractivity contribution is -0.167. The molecule has 366 valence electrons. The zero-order valence-corrected chi connectivity index (χ0v) is 41.7. The Morgan fingerprint density at radius 1 is 0.338 bits per heavy atom. The van der Waals surface area contributed by atoms with Gasteiger partial charge < -0.3 is 14.2 Å². The summed E-state index contributed by atoms with van der Waals surface area (Å²) in [6.07, 6.45) is 71.8. The van der Waals surface area contributed by atoms with Gasteiger partial charge in [0.25, 0.3) is 0 Å². The third-order valence-corrected chi connectivity index (χ3v) is 10.6. The highest BCUT2D eigenvalue weighted by atomic mass is 16.6. The molecule has 65 heavy (non-hydrogen) atoms. The summed E-state index contributed by atoms with van der Waals surface area (Å²) in [6.45, 7) is 6.29. The predicted molar refractivity (Wildman–Crippen MR) is 279 cm³/mol. The van der Waals surface area contributed by atoms with Gasteiger partial charge in [0.2, 0.25) is 0 Å². The molecule has 0 amide bonds. The minimum atomic E-state index is -0.818. The van der Waals surface area contributed by atoms with Gasteiger partial charge in [-0.1, -0.05) is 213 Å². The van der Waals surface area contributed by atoms with Crippen molar-refractivity contribution in [3.63, 3.8) is 0 Å². The first-order chi connectivity index (χ1) is 32.0. The van der Waals surface area contributed by atoms with E-state index >= 15 is 0 Å². The minimum Gasteiger partial charge on any atom is -0.462 e. The van der Waals surface area contributed by atoms with Gasteiger partial charge >= 0.3 is 17.9 Å². The quantitative estimate of drug-likeness (QED) is 0.0199. The van der Waals surface area contributed by atoms with Crippen LogP contribution in [0.4, 0.5) is 0 Å². The normalized spacial score (nSPS) is 13.1. The standard InChI is InChI=1S/C59H94O6/c1-4-7-10-13-16-19-22-25-28-31-34-37-40-43-46-49-52-58(61)64-55-56(54-63-57(60)51-48-45-42-39-36-33-30-27-24-21-18-15-12-9-6-3)65-59(62)53-50-47-44-41-38-35-32-29-26-23-20-17-14-11-8-5-2/h7,9-10,12,15-16,18-19,21,24-25,27-30,32,34-35,37-38,56H,4-6,8,11,13-14,17,20,22-23,26,31,33,36,39-55H2,1-3H3/b10-7-,12-9-,18-15-,19-16-,24-21-,28-25-,30-27-,32-29-,37-34-,38-35-. The van der Waals surface area contributed by atoms with Crippen LogP contribution in [0.1, 0.15) is 213 Å². The number of esters is 3. The minimum absolute atomic E-state index is 0.115. The van der Waals surface area contributed by atoms with Gasteiger partial charge in [-0.3, -0.25) is 14.4 Å². The van der Waals surface area contributed by atoms with Gasteiger partial charge in [-0.25, -0.2) is 0 Å². The molecule has 0 fully saturated rings. The van der Waals surface area contributed by atoms with Crippen molar-refractivity contribution in [2.45, 2.75) is 219 Å². The lowest BCUT2D eigenvalue weighted by Gasteiger charge is -2.18. The van der Waals surface area contributed by atoms with Gasteiger partial charge in [-0.2, -0.15) is 0 Å². The molecule has 0 N–H and O–H groups in total. The summed E-state index contributed by atoms with van der Waals surface area (Å²) in [5.74, 6) is -1.00. The molecule has 0 aliphatic carbocycles. The Kier molecular flexibility index (Phi) is 49.1. The van der Waals surface area contributed by atoms with E-state index < -0.39 is 6.10 Å². The van der Waals surface area contributed by atoms with E-state index in [1.165, 1.54) is 44.9 Å². The lowest BCUT2D eigenvalue weighted by Crippen LogP contribution is -2.30. The van der Waals surface area contributed by atoms with Crippen molar-refractivity contribution < 1.29 is 28.6 Å². The Morgan fingerprint density at radius 3 is 1.15 bits per heavy atom. The number of hydrogen-bond acceptors (Lipinski definition) is 6. The molecule has 0 spiro atoms. The van der Waals surface area contributed by atoms with Crippen molar-refractivity contribution in [1.29, 1.82) is 0 Å². The van der Waals surface area contributed by atoms with Crippen LogP contribution in [0.15, 0.2) is 122 Å². The van der Waals surface area contributed by atoms with E-state index in [9.17, 15) is 14.4 Å². The van der Waals surface area contributed by atoms with Crippen LogP contribution < -0.4 is 0 Å². The molecule has 0 aromatic carbocycles. The van der Waals surface area contributed by atoms with Crippen LogP contribution in [0.3, 0.4) is 0 Å². The van der Waals surface area contributed by atoms with Crippen molar-refractivity contribution in [2.75, 3.05) is 13.2 Å². The molecule has 0 aromatic rings. The lowest BCUT2D eigenvalue weighted by atomic mass is 10.1. The second kappa shape index (κ2) is 52.4. The number of unbranched alkanes of at least 4 members (excludes halogenated alkanes) is 18. The zero-order chi connectivity index (χ0) is 47.2. The third kappa shape index (κ3) is 50.7. The Bertz CT molecular complexity index is 1400. The second-order valence-electron chi connectivity index (χ2n) is 16.8. The number of carbonyl (C=O) groups excluding carboxylic acids is 3. The highest BCUT2D eigenvalue weighted by molar-refractivity contribution is 5.71. The van der Waals surface area contributed by atoms with Gasteiger partial charge in [0.1, 0.15) is 13.2 Å². The fraction of sp³-hybridized carbons (Fsp3) is 0.610. The van der Waals surface area contributed by atoms with E-state index in [1.807, 2.05) is 24.3 Å². The first kappa shape index (κ1) is 60.8. The maximum absolute atomic E-state index is 12.8. The number of ether oxygens (including phenoxy) is 3. The highest BCUT2D eigenvalue weighted by Gasteiger charge is 2.19. The third-order valence-electron chi connectivity index (χ3n) is 10.6. The first-order valence-corrected chi connectivity index (χ1v) is 26.1. The number of allylic oxidation sites excluding steroid dienone is 20. The van der Waals surface area contributed by atoms with Crippen LogP contribution in [0.25, 0.3) is 0 Å². The van der Waals surface area contributed by atoms with Crippen molar-refractivity contribution in [3.8, 4) is 0 Å². The molecule has 0 aromatic heterocycles. The van der Waals surface area contributed by atoms with E-state index in [4.69, 9.17) is 14.2 Å². The van der Waals surface area contributed by atoms with Crippen LogP contribution >= 0.6 is 0 Å². The molecule has 1 unspecified atom stereocenters. The molecular formula is C59H94O6. The highest BCUT2D eigenvalue weighted by Crippen LogP contribution is 2.12. The zero-order valence-electron chi connectivity index (χ0n) is 41.7. The maximum atomic E-state index is 12.8. The fourth-order valence-corrected chi connectivity index (χ4v) is 6.67. The number of rotatable bonds is 45. The van der Waals surface area contributed by atoms with Crippen LogP contribution in [0.5, 0.6) is 0 Å². The molecule has 0 aliphatic heterocycles. The summed E-state index contributed by atoms with van der Waals surface area (Å²) in [5.41, 5.74) is 0. The van der Waals surface area contributed by atoms with E-state index in [1.54, 1.807) is 0 Å². The molecule has 6 nitrogen and oxygen atoms in total. The Morgan fingerprint density at radius 2 is 0.677 bits per heavy atom. The van der Waals surface area contributed by atoms with E-state index in [2.05, 4.69) is 118 Å². The van der Waals surface area contributed by atoms with Crippen molar-refractivity contribution >= 4 is 17.9 Å². The summed E-state index contributed by atoms with van der Waals surface area (Å²) in [7, 11) is 0. The van der Waals surface area contributed by atoms with Crippen LogP contribution in [0.2, 0.25) is 0 Å². The molecule has 0 heterocycles. The van der Waals surface area contributed by atoms with Crippen molar-refractivity contribution in [2.24, 2.45) is 0 Å². The fourth-order valence-electron chi connectivity index (χ4n) is 6.67. The Balaban J connectivity index is 4.55. The van der Waals surface area contributed by atoms with Gasteiger partial charge in [-0.05, 0) is 103 Å². The van der Waals surface area contributed by atoms with Crippen LogP contribution in [-0.4, -0.2) is 37.2 Å². The van der Waals surface area contributed by atoms with E-state index in [0.29, 0.717) is 12.8 Å². The van der Waals surface area contributed by atoms with Crippen LogP contribution in [-0.2, 0) is 28.6 Å². The van der Waals surface area contributed by atoms with Gasteiger partial charge in [-0.15, -0.1) is 0 Å². The maximum Gasteiger partial charge on any atom is 0.306 e. The number of carbonyl (C=O) groups is 3. The summed E-state index contributed by atoms with van der Waals surface area (Å²) >= 11 is 0. The average molecular weight is 899 g/mol. The Hall–Kier alpha value is -4.19. The molecule has 0 bridgehead atoms. The molecule has 0 aliphatic rings. The van der Waals surface area contributed by atoms with Crippen molar-refractivity contribution in [1.82, 2.24) is 0 Å².